The van der Waals surface area contributed by atoms with E-state index in [2.05, 4.69) is 6.07 Å². The number of unbranched alkanes of at least 4 members (excludes halogenated alkanes) is 3. The molecule has 1 aliphatic rings. The van der Waals surface area contributed by atoms with Gasteiger partial charge in [-0.25, -0.2) is 9.69 Å². The molecule has 1 aromatic heterocycles. The van der Waals surface area contributed by atoms with Gasteiger partial charge in [-0.05, 0) is 49.3 Å². The Morgan fingerprint density at radius 3 is 2.45 bits per heavy atom. The van der Waals surface area contributed by atoms with Crippen molar-refractivity contribution in [1.82, 2.24) is 4.90 Å². The number of nitrogens with zero attached hydrogens (tertiary/aromatic N) is 1. The van der Waals surface area contributed by atoms with Gasteiger partial charge in [0, 0.05) is 18.6 Å². The summed E-state index contributed by atoms with van der Waals surface area (Å²) in [7, 11) is 0. The number of imide groups is 1. The maximum Gasteiger partial charge on any atom is 0.417 e. The molecule has 1 N–H and O–H groups in total. The van der Waals surface area contributed by atoms with E-state index in [-0.39, 0.29) is 31.3 Å². The summed E-state index contributed by atoms with van der Waals surface area (Å²) < 4.78 is 11.5. The molecule has 7 nitrogen and oxygen atoms in total. The fourth-order valence-electron chi connectivity index (χ4n) is 5.21. The molecule has 2 atom stereocenters. The lowest BCUT2D eigenvalue weighted by atomic mass is 9.91. The molecular weight excluding hydrogens is 506 g/mol. The molecule has 3 aromatic rings. The molecule has 0 bridgehead atoms. The first kappa shape index (κ1) is 29.3. The summed E-state index contributed by atoms with van der Waals surface area (Å²) in [5.41, 5.74) is 3.69. The van der Waals surface area contributed by atoms with Crippen LogP contribution in [0.3, 0.4) is 0 Å². The first-order valence-corrected chi connectivity index (χ1v) is 14.2. The van der Waals surface area contributed by atoms with Crippen molar-refractivity contribution in [3.63, 3.8) is 0 Å². The quantitative estimate of drug-likeness (QED) is 0.152. The highest BCUT2D eigenvalue weighted by atomic mass is 16.6. The van der Waals surface area contributed by atoms with Crippen LogP contribution in [0.25, 0.3) is 11.1 Å². The van der Waals surface area contributed by atoms with Crippen LogP contribution < -0.4 is 0 Å². The van der Waals surface area contributed by atoms with Crippen LogP contribution in [0.15, 0.2) is 65.1 Å². The number of aryl methyl sites for hydroxylation is 2. The highest BCUT2D eigenvalue weighted by Crippen LogP contribution is 2.32. The third-order valence-electron chi connectivity index (χ3n) is 7.50. The number of aliphatic hydroxyl groups excluding tert-OH is 1. The number of amides is 2. The average Bonchev–Trinajstić information content (AvgIpc) is 3.55. The molecule has 2 amide bonds. The van der Waals surface area contributed by atoms with Crippen molar-refractivity contribution in [1.29, 1.82) is 0 Å². The number of ketones is 1. The smallest absolute Gasteiger partial charge is 0.417 e. The monoisotopic (exact) mass is 545 g/mol. The number of hydrogen-bond acceptors (Lipinski definition) is 6. The Morgan fingerprint density at radius 1 is 1.00 bits per heavy atom. The Labute approximate surface area is 236 Å². The summed E-state index contributed by atoms with van der Waals surface area (Å²) in [5, 5.41) is 9.09. The first-order chi connectivity index (χ1) is 19.3. The summed E-state index contributed by atoms with van der Waals surface area (Å²) in [6.07, 6.45) is 3.52. The van der Waals surface area contributed by atoms with Crippen molar-refractivity contribution >= 4 is 17.8 Å². The third kappa shape index (κ3) is 6.89. The van der Waals surface area contributed by atoms with E-state index in [1.165, 1.54) is 0 Å². The van der Waals surface area contributed by atoms with E-state index >= 15 is 0 Å². The molecule has 0 saturated carbocycles. The molecule has 1 fully saturated rings. The third-order valence-corrected chi connectivity index (χ3v) is 7.50. The van der Waals surface area contributed by atoms with Gasteiger partial charge in [-0.15, -0.1) is 0 Å². The number of hydrogen-bond donors (Lipinski definition) is 1. The highest BCUT2D eigenvalue weighted by Gasteiger charge is 2.44. The molecule has 212 valence electrons. The van der Waals surface area contributed by atoms with Crippen LogP contribution in [0.5, 0.6) is 0 Å². The van der Waals surface area contributed by atoms with Crippen LogP contribution in [0.2, 0.25) is 0 Å². The predicted molar refractivity (Wildman–Crippen MR) is 153 cm³/mol. The van der Waals surface area contributed by atoms with Gasteiger partial charge in [0.25, 0.3) is 0 Å². The molecule has 7 heteroatoms. The summed E-state index contributed by atoms with van der Waals surface area (Å²) in [6, 6.07) is 18.7. The number of cyclic esters (lactones) is 1. The molecule has 2 heterocycles. The minimum atomic E-state index is -1.14. The van der Waals surface area contributed by atoms with E-state index in [0.29, 0.717) is 12.2 Å². The standard InChI is InChI=1S/C33H39NO6/c1-22(2)28-21-39-33(38)34(28)32(37)27(19-24-13-7-6-8-14-24)31(36)30-20-26(25-15-11-12-23(3)18-25)29(40-30)16-9-4-5-10-17-35/h6-8,11-15,18,20,22,27-28,35H,4-5,9-10,16-17,19,21H2,1-3H3/t27-,28-/m1/s1. The van der Waals surface area contributed by atoms with E-state index in [0.717, 1.165) is 52.8 Å². The van der Waals surface area contributed by atoms with Gasteiger partial charge in [0.1, 0.15) is 18.3 Å². The van der Waals surface area contributed by atoms with Crippen molar-refractivity contribution in [2.45, 2.75) is 65.3 Å². The number of aliphatic hydroxyl groups is 1. The maximum atomic E-state index is 14.1. The Kier molecular flexibility index (Phi) is 9.93. The number of carbonyl (C=O) groups excluding carboxylic acids is 3. The largest absolute Gasteiger partial charge is 0.457 e. The molecular formula is C33H39NO6. The normalized spacial score (nSPS) is 15.9. The second kappa shape index (κ2) is 13.6. The van der Waals surface area contributed by atoms with E-state index in [1.807, 2.05) is 69.3 Å². The van der Waals surface area contributed by atoms with Gasteiger partial charge >= 0.3 is 6.09 Å². The Hall–Kier alpha value is -3.71. The van der Waals surface area contributed by atoms with E-state index < -0.39 is 29.7 Å². The van der Waals surface area contributed by atoms with E-state index in [4.69, 9.17) is 14.3 Å². The van der Waals surface area contributed by atoms with Crippen molar-refractivity contribution in [3.8, 4) is 11.1 Å². The number of Topliss-reactive ketones (excluding diaryl/α,β-unsaturated/α-hetero) is 1. The van der Waals surface area contributed by atoms with Crippen molar-refractivity contribution in [3.05, 3.63) is 83.3 Å². The summed E-state index contributed by atoms with van der Waals surface area (Å²) in [5.74, 6) is -1.35. The van der Waals surface area contributed by atoms with Crippen LogP contribution in [0, 0.1) is 18.8 Å². The molecule has 0 spiro atoms. The first-order valence-electron chi connectivity index (χ1n) is 14.2. The van der Waals surface area contributed by atoms with Gasteiger partial charge < -0.3 is 14.3 Å². The fraction of sp³-hybridized carbons (Fsp3) is 0.424. The van der Waals surface area contributed by atoms with Gasteiger partial charge in [0.05, 0.1) is 6.04 Å². The molecule has 4 rings (SSSR count). The van der Waals surface area contributed by atoms with Gasteiger partial charge in [0.2, 0.25) is 11.7 Å². The van der Waals surface area contributed by atoms with Crippen molar-refractivity contribution in [2.75, 3.05) is 13.2 Å². The topological polar surface area (TPSA) is 97.1 Å². The molecule has 1 aliphatic heterocycles. The lowest BCUT2D eigenvalue weighted by Gasteiger charge is -2.26. The zero-order valence-corrected chi connectivity index (χ0v) is 23.6. The molecule has 0 aliphatic carbocycles. The van der Waals surface area contributed by atoms with Crippen molar-refractivity contribution < 1.29 is 28.6 Å². The number of furan rings is 1. The number of rotatable bonds is 13. The summed E-state index contributed by atoms with van der Waals surface area (Å²) >= 11 is 0. The number of carbonyl (C=O) groups is 3. The second-order valence-corrected chi connectivity index (χ2v) is 10.9. The highest BCUT2D eigenvalue weighted by molar-refractivity contribution is 6.12. The Morgan fingerprint density at radius 2 is 1.75 bits per heavy atom. The van der Waals surface area contributed by atoms with Crippen LogP contribution in [0.1, 0.15) is 67.0 Å². The Balaban J connectivity index is 1.69. The van der Waals surface area contributed by atoms with Gasteiger partial charge in [-0.2, -0.15) is 0 Å². The van der Waals surface area contributed by atoms with Crippen LogP contribution in [-0.2, 0) is 22.4 Å². The molecule has 40 heavy (non-hydrogen) atoms. The van der Waals surface area contributed by atoms with E-state index in [1.54, 1.807) is 6.07 Å². The average molecular weight is 546 g/mol. The van der Waals surface area contributed by atoms with Gasteiger partial charge in [-0.3, -0.25) is 9.59 Å². The predicted octanol–water partition coefficient (Wildman–Crippen LogP) is 6.40. The van der Waals surface area contributed by atoms with Crippen LogP contribution in [0.4, 0.5) is 4.79 Å². The summed E-state index contributed by atoms with van der Waals surface area (Å²) in [6.45, 7) is 6.15. The zero-order valence-electron chi connectivity index (χ0n) is 23.6. The Bertz CT molecular complexity index is 1310. The molecule has 2 aromatic carbocycles. The molecule has 0 radical (unpaired) electrons. The molecule has 0 unspecified atom stereocenters. The number of ether oxygens (including phenoxy) is 1. The second-order valence-electron chi connectivity index (χ2n) is 10.9. The zero-order chi connectivity index (χ0) is 28.6. The maximum absolute atomic E-state index is 14.1. The van der Waals surface area contributed by atoms with Crippen LogP contribution >= 0.6 is 0 Å². The van der Waals surface area contributed by atoms with Gasteiger partial charge in [0.15, 0.2) is 5.76 Å². The minimum Gasteiger partial charge on any atom is -0.457 e. The number of benzene rings is 2. The molecule has 1 saturated heterocycles. The lowest BCUT2D eigenvalue weighted by molar-refractivity contribution is -0.132. The summed E-state index contributed by atoms with van der Waals surface area (Å²) in [4.78, 5) is 41.8. The minimum absolute atomic E-state index is 0.0168. The fourth-order valence-corrected chi connectivity index (χ4v) is 5.21. The SMILES string of the molecule is Cc1cccc(-c2cc(C(=O)[C@@H](Cc3ccccc3)C(=O)N3C(=O)OC[C@@H]3C(C)C)oc2CCCCCCO)c1. The van der Waals surface area contributed by atoms with Crippen molar-refractivity contribution in [2.24, 2.45) is 11.8 Å². The van der Waals surface area contributed by atoms with Crippen LogP contribution in [-0.4, -0.2) is 47.0 Å². The van der Waals surface area contributed by atoms with Gasteiger partial charge in [-0.1, -0.05) is 86.8 Å². The lowest BCUT2D eigenvalue weighted by Crippen LogP contribution is -2.47. The van der Waals surface area contributed by atoms with E-state index in [9.17, 15) is 14.4 Å².